The number of hydrogen-bond acceptors (Lipinski definition) is 6. The molecule has 1 aliphatic heterocycles. The van der Waals surface area contributed by atoms with Crippen LogP contribution in [-0.2, 0) is 14.3 Å². The van der Waals surface area contributed by atoms with Crippen LogP contribution in [0.4, 0.5) is 0 Å². The highest BCUT2D eigenvalue weighted by Crippen LogP contribution is 2.50. The average molecular weight is 414 g/mol. The minimum absolute atomic E-state index is 0.0909. The maximum atomic E-state index is 13.3. The number of hydrogen-bond donors (Lipinski definition) is 0. The second-order valence-electron chi connectivity index (χ2n) is 8.76. The minimum Gasteiger partial charge on any atom is -0.493 e. The molecule has 0 amide bonds. The monoisotopic (exact) mass is 413 g/mol. The minimum atomic E-state index is -0.518. The lowest BCUT2D eigenvalue weighted by molar-refractivity contribution is -0.139. The Kier molecular flexibility index (Phi) is 6.34. The van der Waals surface area contributed by atoms with E-state index in [1.165, 1.54) is 0 Å². The Bertz CT molecular complexity index is 912. The molecule has 6 nitrogen and oxygen atoms in total. The molecule has 2 atom stereocenters. The zero-order chi connectivity index (χ0) is 22.1. The molecule has 1 aliphatic carbocycles. The van der Waals surface area contributed by atoms with E-state index in [1.807, 2.05) is 26.0 Å². The molecule has 0 radical (unpaired) electrons. The Labute approximate surface area is 178 Å². The van der Waals surface area contributed by atoms with Gasteiger partial charge in [0.1, 0.15) is 5.78 Å². The highest BCUT2D eigenvalue weighted by atomic mass is 16.5. The van der Waals surface area contributed by atoms with Crippen LogP contribution in [0.5, 0.6) is 11.5 Å². The fraction of sp³-hybridized carbons (Fsp3) is 0.542. The Hall–Kier alpha value is -2.63. The maximum Gasteiger partial charge on any atom is 0.336 e. The smallest absolute Gasteiger partial charge is 0.336 e. The summed E-state index contributed by atoms with van der Waals surface area (Å²) in [6, 6.07) is 5.55. The number of Topliss-reactive ketones (excluding diaryl/α,β-unsaturated/α-hetero) is 1. The van der Waals surface area contributed by atoms with Crippen LogP contribution in [0.15, 0.2) is 34.5 Å². The topological polar surface area (TPSA) is 74.2 Å². The first-order valence-corrected chi connectivity index (χ1v) is 10.4. The molecule has 0 saturated heterocycles. The van der Waals surface area contributed by atoms with Crippen molar-refractivity contribution >= 4 is 17.5 Å². The molecule has 0 bridgehead atoms. The van der Waals surface area contributed by atoms with Crippen molar-refractivity contribution in [1.82, 2.24) is 0 Å². The summed E-state index contributed by atoms with van der Waals surface area (Å²) in [6.45, 7) is 8.24. The van der Waals surface area contributed by atoms with Crippen LogP contribution in [-0.4, -0.2) is 38.3 Å². The maximum absolute atomic E-state index is 13.3. The molecular weight excluding hydrogens is 382 g/mol. The molecule has 30 heavy (non-hydrogen) atoms. The summed E-state index contributed by atoms with van der Waals surface area (Å²) in [4.78, 5) is 31.2. The number of methoxy groups -OCH3 is 2. The Morgan fingerprint density at radius 3 is 2.53 bits per heavy atom. The van der Waals surface area contributed by atoms with Gasteiger partial charge in [0.15, 0.2) is 11.5 Å². The first-order valence-electron chi connectivity index (χ1n) is 10.4. The normalized spacial score (nSPS) is 22.9. The van der Waals surface area contributed by atoms with Gasteiger partial charge in [-0.1, -0.05) is 32.9 Å². The second kappa shape index (κ2) is 8.62. The quantitative estimate of drug-likeness (QED) is 0.643. The first kappa shape index (κ1) is 22.1. The van der Waals surface area contributed by atoms with Gasteiger partial charge in [0.05, 0.1) is 32.3 Å². The van der Waals surface area contributed by atoms with Crippen molar-refractivity contribution in [1.29, 1.82) is 0 Å². The van der Waals surface area contributed by atoms with Crippen LogP contribution in [0.1, 0.15) is 58.4 Å². The van der Waals surface area contributed by atoms with E-state index in [0.29, 0.717) is 42.2 Å². The van der Waals surface area contributed by atoms with Crippen LogP contribution < -0.4 is 9.47 Å². The van der Waals surface area contributed by atoms with Gasteiger partial charge >= 0.3 is 5.97 Å². The number of fused-ring (bicyclic) bond motifs is 1. The van der Waals surface area contributed by atoms with E-state index in [4.69, 9.17) is 19.2 Å². The molecule has 1 saturated carbocycles. The summed E-state index contributed by atoms with van der Waals surface area (Å²) in [7, 11) is 3.14. The third-order valence-corrected chi connectivity index (χ3v) is 5.79. The highest BCUT2D eigenvalue weighted by molar-refractivity contribution is 6.12. The van der Waals surface area contributed by atoms with E-state index < -0.39 is 17.8 Å². The first-order chi connectivity index (χ1) is 14.2. The van der Waals surface area contributed by atoms with Crippen LogP contribution in [0.25, 0.3) is 0 Å². The zero-order valence-electron chi connectivity index (χ0n) is 18.7. The van der Waals surface area contributed by atoms with Gasteiger partial charge in [0.2, 0.25) is 0 Å². The number of allylic oxidation sites excluding steroid dienone is 1. The summed E-state index contributed by atoms with van der Waals surface area (Å²) in [5, 5.41) is 0. The fourth-order valence-electron chi connectivity index (χ4n) is 4.62. The van der Waals surface area contributed by atoms with Crippen molar-refractivity contribution in [3.8, 4) is 11.5 Å². The van der Waals surface area contributed by atoms with Gasteiger partial charge < -0.3 is 14.2 Å². The molecule has 0 spiro atoms. The van der Waals surface area contributed by atoms with Crippen molar-refractivity contribution in [2.45, 2.75) is 52.9 Å². The number of aliphatic imine (C=N–C) groups is 1. The van der Waals surface area contributed by atoms with Gasteiger partial charge in [0, 0.05) is 29.3 Å². The van der Waals surface area contributed by atoms with Gasteiger partial charge in [-0.3, -0.25) is 9.79 Å². The van der Waals surface area contributed by atoms with Gasteiger partial charge in [-0.25, -0.2) is 4.79 Å². The molecule has 0 unspecified atom stereocenters. The van der Waals surface area contributed by atoms with E-state index >= 15 is 0 Å². The molecule has 0 aromatic heterocycles. The Balaban J connectivity index is 2.22. The predicted octanol–water partition coefficient (Wildman–Crippen LogP) is 4.47. The number of benzene rings is 1. The zero-order valence-corrected chi connectivity index (χ0v) is 18.7. The van der Waals surface area contributed by atoms with Crippen molar-refractivity contribution in [2.75, 3.05) is 20.8 Å². The molecule has 162 valence electrons. The van der Waals surface area contributed by atoms with Crippen molar-refractivity contribution in [2.24, 2.45) is 16.3 Å². The summed E-state index contributed by atoms with van der Waals surface area (Å²) >= 11 is 0. The van der Waals surface area contributed by atoms with Gasteiger partial charge in [-0.05, 0) is 31.2 Å². The predicted molar refractivity (Wildman–Crippen MR) is 115 cm³/mol. The summed E-state index contributed by atoms with van der Waals surface area (Å²) in [5.74, 6) is -0.278. The van der Waals surface area contributed by atoms with Crippen LogP contribution >= 0.6 is 0 Å². The molecule has 3 rings (SSSR count). The van der Waals surface area contributed by atoms with Crippen molar-refractivity contribution in [3.05, 3.63) is 35.0 Å². The van der Waals surface area contributed by atoms with Crippen LogP contribution in [0.3, 0.4) is 0 Å². The van der Waals surface area contributed by atoms with E-state index in [2.05, 4.69) is 13.8 Å². The number of carbonyl (C=O) groups excluding carboxylic acids is 2. The van der Waals surface area contributed by atoms with Crippen molar-refractivity contribution in [3.63, 3.8) is 0 Å². The lowest BCUT2D eigenvalue weighted by atomic mass is 9.63. The standard InChI is InChI=1S/C24H31NO5/c1-7-11-30-23(27)19-14(2)25-16-12-24(3,4)13-17(26)21(16)20(19)15-9-8-10-18(28-5)22(15)29-6/h8-10,20-21H,7,11-13H2,1-6H3/t20-,21-/m0/s1. The van der Waals surface area contributed by atoms with Gasteiger partial charge in [-0.15, -0.1) is 0 Å². The molecule has 6 heteroatoms. The number of rotatable bonds is 6. The van der Waals surface area contributed by atoms with Crippen molar-refractivity contribution < 1.29 is 23.8 Å². The molecular formula is C24H31NO5. The highest BCUT2D eigenvalue weighted by Gasteiger charge is 2.48. The number of carbonyl (C=O) groups is 2. The van der Waals surface area contributed by atoms with Crippen LogP contribution in [0, 0.1) is 11.3 Å². The molecule has 0 N–H and O–H groups in total. The van der Waals surface area contributed by atoms with E-state index in [1.54, 1.807) is 20.3 Å². The average Bonchev–Trinajstić information content (AvgIpc) is 2.69. The number of nitrogens with zero attached hydrogens (tertiary/aromatic N) is 1. The summed E-state index contributed by atoms with van der Waals surface area (Å²) < 4.78 is 16.6. The van der Waals surface area contributed by atoms with Crippen LogP contribution in [0.2, 0.25) is 0 Å². The van der Waals surface area contributed by atoms with Gasteiger partial charge in [0.25, 0.3) is 0 Å². The Morgan fingerprint density at radius 1 is 1.17 bits per heavy atom. The molecule has 1 heterocycles. The lowest BCUT2D eigenvalue weighted by Gasteiger charge is -2.41. The number of esters is 1. The van der Waals surface area contributed by atoms with E-state index in [0.717, 1.165) is 17.7 Å². The molecule has 1 aromatic carbocycles. The molecule has 1 aromatic rings. The number of ketones is 1. The number of ether oxygens (including phenoxy) is 3. The lowest BCUT2D eigenvalue weighted by Crippen LogP contribution is -2.44. The fourth-order valence-corrected chi connectivity index (χ4v) is 4.62. The molecule has 1 fully saturated rings. The van der Waals surface area contributed by atoms with Gasteiger partial charge in [-0.2, -0.15) is 0 Å². The van der Waals surface area contributed by atoms with E-state index in [-0.39, 0.29) is 11.2 Å². The second-order valence-corrected chi connectivity index (χ2v) is 8.76. The third-order valence-electron chi connectivity index (χ3n) is 5.79. The third kappa shape index (κ3) is 4.00. The largest absolute Gasteiger partial charge is 0.493 e. The van der Waals surface area contributed by atoms with E-state index in [9.17, 15) is 9.59 Å². The SMILES string of the molecule is CCCOC(=O)C1=C(C)N=C2CC(C)(C)CC(=O)[C@H]2[C@H]1c1cccc(OC)c1OC. The molecule has 2 aliphatic rings. The number of para-hydroxylation sites is 1. The summed E-state index contributed by atoms with van der Waals surface area (Å²) in [5.41, 5.74) is 2.44. The summed E-state index contributed by atoms with van der Waals surface area (Å²) in [6.07, 6.45) is 1.87. The Morgan fingerprint density at radius 2 is 1.90 bits per heavy atom.